The fourth-order valence-corrected chi connectivity index (χ4v) is 2.71. The molecule has 18 heavy (non-hydrogen) atoms. The third-order valence-corrected chi connectivity index (χ3v) is 3.93. The largest absolute Gasteiger partial charge is 0.384 e. The lowest BCUT2D eigenvalue weighted by molar-refractivity contribution is 0.122. The minimum Gasteiger partial charge on any atom is -0.384 e. The van der Waals surface area contributed by atoms with Crippen molar-refractivity contribution in [3.05, 3.63) is 35.4 Å². The van der Waals surface area contributed by atoms with Crippen LogP contribution >= 0.6 is 0 Å². The average molecular weight is 245 g/mol. The Morgan fingerprint density at radius 1 is 1.33 bits per heavy atom. The molecule has 0 spiro atoms. The Hall–Kier alpha value is -1.35. The highest BCUT2D eigenvalue weighted by Crippen LogP contribution is 2.23. The summed E-state index contributed by atoms with van der Waals surface area (Å²) in [6.07, 6.45) is 2.60. The number of nitrogens with two attached hydrogens (primary N) is 1. The molecule has 98 valence electrons. The number of rotatable bonds is 3. The molecule has 0 amide bonds. The Balaban J connectivity index is 1.99. The van der Waals surface area contributed by atoms with E-state index >= 15 is 0 Å². The monoisotopic (exact) mass is 245 g/mol. The van der Waals surface area contributed by atoms with Gasteiger partial charge in [-0.25, -0.2) is 0 Å². The van der Waals surface area contributed by atoms with Gasteiger partial charge >= 0.3 is 0 Å². The van der Waals surface area contributed by atoms with Crippen LogP contribution in [0.1, 0.15) is 37.8 Å². The van der Waals surface area contributed by atoms with E-state index in [9.17, 15) is 0 Å². The molecule has 2 rings (SSSR count). The molecule has 0 bridgehead atoms. The molecule has 1 saturated heterocycles. The SMILES string of the molecule is CC1CCN(Cc2ccc(C(=N)N)cc2)C(C)C1. The first-order valence-electron chi connectivity index (χ1n) is 6.73. The van der Waals surface area contributed by atoms with Gasteiger partial charge in [-0.1, -0.05) is 31.2 Å². The van der Waals surface area contributed by atoms with Gasteiger partial charge in [-0.3, -0.25) is 10.3 Å². The lowest BCUT2D eigenvalue weighted by Gasteiger charge is -2.36. The number of likely N-dealkylation sites (tertiary alicyclic amines) is 1. The third-order valence-electron chi connectivity index (χ3n) is 3.93. The maximum atomic E-state index is 7.38. The van der Waals surface area contributed by atoms with Gasteiger partial charge < -0.3 is 5.73 Å². The van der Waals surface area contributed by atoms with Crippen LogP contribution in [0.3, 0.4) is 0 Å². The van der Waals surface area contributed by atoms with E-state index in [1.807, 2.05) is 12.1 Å². The summed E-state index contributed by atoms with van der Waals surface area (Å²) in [5, 5.41) is 7.38. The topological polar surface area (TPSA) is 53.1 Å². The van der Waals surface area contributed by atoms with Crippen molar-refractivity contribution in [2.75, 3.05) is 6.54 Å². The van der Waals surface area contributed by atoms with Crippen molar-refractivity contribution in [1.82, 2.24) is 4.90 Å². The molecule has 0 aromatic heterocycles. The zero-order chi connectivity index (χ0) is 13.1. The van der Waals surface area contributed by atoms with Gasteiger partial charge in [0.05, 0.1) is 0 Å². The van der Waals surface area contributed by atoms with Crippen molar-refractivity contribution >= 4 is 5.84 Å². The van der Waals surface area contributed by atoms with Gasteiger partial charge in [0.2, 0.25) is 0 Å². The second-order valence-corrected chi connectivity index (χ2v) is 5.56. The second-order valence-electron chi connectivity index (χ2n) is 5.56. The summed E-state index contributed by atoms with van der Waals surface area (Å²) in [4.78, 5) is 2.54. The summed E-state index contributed by atoms with van der Waals surface area (Å²) in [7, 11) is 0. The number of benzene rings is 1. The summed E-state index contributed by atoms with van der Waals surface area (Å²) in [5.41, 5.74) is 7.57. The van der Waals surface area contributed by atoms with Crippen LogP contribution in [-0.2, 0) is 6.54 Å². The molecule has 1 heterocycles. The van der Waals surface area contributed by atoms with Crippen molar-refractivity contribution in [3.63, 3.8) is 0 Å². The van der Waals surface area contributed by atoms with Gasteiger partial charge in [-0.2, -0.15) is 0 Å². The molecule has 1 aliphatic rings. The van der Waals surface area contributed by atoms with Crippen molar-refractivity contribution in [1.29, 1.82) is 5.41 Å². The number of nitrogens with one attached hydrogen (secondary N) is 1. The summed E-state index contributed by atoms with van der Waals surface area (Å²) in [6, 6.07) is 8.72. The molecule has 1 aromatic rings. The summed E-state index contributed by atoms with van der Waals surface area (Å²) in [5.74, 6) is 0.998. The minimum absolute atomic E-state index is 0.140. The van der Waals surface area contributed by atoms with E-state index in [0.29, 0.717) is 6.04 Å². The molecule has 3 heteroatoms. The van der Waals surface area contributed by atoms with Crippen LogP contribution in [0, 0.1) is 11.3 Å². The number of nitrogens with zero attached hydrogens (tertiary/aromatic N) is 1. The lowest BCUT2D eigenvalue weighted by Crippen LogP contribution is -2.39. The molecule has 0 aliphatic carbocycles. The van der Waals surface area contributed by atoms with Crippen molar-refractivity contribution in [3.8, 4) is 0 Å². The maximum Gasteiger partial charge on any atom is 0.122 e. The number of amidine groups is 1. The molecular weight excluding hydrogens is 222 g/mol. The molecule has 1 aromatic carbocycles. The van der Waals surface area contributed by atoms with Crippen LogP contribution in [-0.4, -0.2) is 23.3 Å². The van der Waals surface area contributed by atoms with E-state index in [0.717, 1.165) is 18.0 Å². The van der Waals surface area contributed by atoms with Gasteiger partial charge in [-0.15, -0.1) is 0 Å². The highest BCUT2D eigenvalue weighted by atomic mass is 15.2. The van der Waals surface area contributed by atoms with E-state index in [4.69, 9.17) is 11.1 Å². The highest BCUT2D eigenvalue weighted by molar-refractivity contribution is 5.94. The van der Waals surface area contributed by atoms with E-state index in [2.05, 4.69) is 30.9 Å². The first kappa shape index (κ1) is 13.1. The van der Waals surface area contributed by atoms with E-state index in [-0.39, 0.29) is 5.84 Å². The van der Waals surface area contributed by atoms with Crippen molar-refractivity contribution < 1.29 is 0 Å². The number of piperidine rings is 1. The Morgan fingerprint density at radius 3 is 2.56 bits per heavy atom. The lowest BCUT2D eigenvalue weighted by atomic mass is 9.93. The maximum absolute atomic E-state index is 7.38. The van der Waals surface area contributed by atoms with Crippen LogP contribution < -0.4 is 5.73 Å². The average Bonchev–Trinajstić information content (AvgIpc) is 2.33. The van der Waals surface area contributed by atoms with Crippen molar-refractivity contribution in [2.45, 2.75) is 39.3 Å². The zero-order valence-corrected chi connectivity index (χ0v) is 11.3. The fourth-order valence-electron chi connectivity index (χ4n) is 2.71. The van der Waals surface area contributed by atoms with Crippen LogP contribution in [0.5, 0.6) is 0 Å². The molecular formula is C15H23N3. The fraction of sp³-hybridized carbons (Fsp3) is 0.533. The molecule has 0 radical (unpaired) electrons. The van der Waals surface area contributed by atoms with Crippen LogP contribution in [0.15, 0.2) is 24.3 Å². The van der Waals surface area contributed by atoms with E-state index in [1.165, 1.54) is 24.9 Å². The number of hydrogen-bond donors (Lipinski definition) is 2. The van der Waals surface area contributed by atoms with Gasteiger partial charge in [0.15, 0.2) is 0 Å². The first-order valence-corrected chi connectivity index (χ1v) is 6.73. The summed E-state index contributed by atoms with van der Waals surface area (Å²) >= 11 is 0. The predicted octanol–water partition coefficient (Wildman–Crippen LogP) is 2.59. The predicted molar refractivity (Wildman–Crippen MR) is 75.7 cm³/mol. The van der Waals surface area contributed by atoms with Gasteiger partial charge in [0, 0.05) is 18.2 Å². The van der Waals surface area contributed by atoms with Gasteiger partial charge in [0.25, 0.3) is 0 Å². The molecule has 1 aliphatic heterocycles. The molecule has 2 unspecified atom stereocenters. The Labute approximate surface area is 109 Å². The van der Waals surface area contributed by atoms with Crippen LogP contribution in [0.4, 0.5) is 0 Å². The van der Waals surface area contributed by atoms with Crippen molar-refractivity contribution in [2.24, 2.45) is 11.7 Å². The zero-order valence-electron chi connectivity index (χ0n) is 11.3. The molecule has 1 fully saturated rings. The van der Waals surface area contributed by atoms with E-state index in [1.54, 1.807) is 0 Å². The van der Waals surface area contributed by atoms with Gasteiger partial charge in [-0.05, 0) is 37.8 Å². The highest BCUT2D eigenvalue weighted by Gasteiger charge is 2.22. The standard InChI is InChI=1S/C15H23N3/c1-11-7-8-18(12(2)9-11)10-13-3-5-14(6-4-13)15(16)17/h3-6,11-12H,7-10H2,1-2H3,(H3,16,17). The molecule has 3 N–H and O–H groups in total. The van der Waals surface area contributed by atoms with E-state index < -0.39 is 0 Å². The summed E-state index contributed by atoms with van der Waals surface area (Å²) in [6.45, 7) is 6.86. The normalized spacial score (nSPS) is 25.0. The number of nitrogen functional groups attached to an aromatic ring is 1. The van der Waals surface area contributed by atoms with Gasteiger partial charge in [0.1, 0.15) is 5.84 Å². The summed E-state index contributed by atoms with van der Waals surface area (Å²) < 4.78 is 0. The Morgan fingerprint density at radius 2 is 2.00 bits per heavy atom. The molecule has 2 atom stereocenters. The molecule has 3 nitrogen and oxygen atoms in total. The Bertz CT molecular complexity index is 410. The minimum atomic E-state index is 0.140. The molecule has 0 saturated carbocycles. The quantitative estimate of drug-likeness (QED) is 0.635. The third kappa shape index (κ3) is 3.10. The first-order chi connectivity index (χ1) is 8.56. The van der Waals surface area contributed by atoms with Crippen LogP contribution in [0.2, 0.25) is 0 Å². The smallest absolute Gasteiger partial charge is 0.122 e. The van der Waals surface area contributed by atoms with Crippen LogP contribution in [0.25, 0.3) is 0 Å². The Kier molecular flexibility index (Phi) is 4.02. The second kappa shape index (κ2) is 5.53. The number of hydrogen-bond acceptors (Lipinski definition) is 2.